The summed E-state index contributed by atoms with van der Waals surface area (Å²) in [5.74, 6) is 0.855. The van der Waals surface area contributed by atoms with Crippen LogP contribution in [-0.2, 0) is 0 Å². The summed E-state index contributed by atoms with van der Waals surface area (Å²) < 4.78 is 8.54. The van der Waals surface area contributed by atoms with Gasteiger partial charge < -0.3 is 0 Å². The van der Waals surface area contributed by atoms with E-state index < -0.39 is 0 Å². The Kier molecular flexibility index (Phi) is 3.31. The Bertz CT molecular complexity index is 608. The summed E-state index contributed by atoms with van der Waals surface area (Å²) in [6.45, 7) is 0. The van der Waals surface area contributed by atoms with Crippen molar-refractivity contribution < 1.29 is 4.74 Å². The van der Waals surface area contributed by atoms with E-state index in [9.17, 15) is 4.79 Å². The Morgan fingerprint density at radius 2 is 2.06 bits per heavy atom. The molecule has 0 aliphatic heterocycles. The molecule has 0 amide bonds. The fraction of sp³-hybridized carbons (Fsp3) is 0.500. The van der Waals surface area contributed by atoms with Crippen LogP contribution in [-0.4, -0.2) is 25.4 Å². The van der Waals surface area contributed by atoms with Crippen molar-refractivity contribution in [2.24, 2.45) is 0 Å². The Morgan fingerprint density at radius 3 is 2.78 bits per heavy atom. The van der Waals surface area contributed by atoms with Crippen molar-refractivity contribution in [2.75, 3.05) is 7.11 Å². The molecule has 1 heterocycles. The number of hydrogen-bond donors (Lipinski definition) is 0. The van der Waals surface area contributed by atoms with Crippen LogP contribution >= 0.6 is 0 Å². The first kappa shape index (κ1) is 12.1. The molecule has 3 rings (SSSR count). The molecule has 1 saturated carbocycles. The summed E-state index contributed by atoms with van der Waals surface area (Å²) >= 11 is 0.142. The molecular weight excluding hydrogens is 293 g/mol. The van der Waals surface area contributed by atoms with Crippen LogP contribution in [0.15, 0.2) is 23.0 Å². The number of fused-ring (bicyclic) bond motifs is 1. The molecule has 0 unspecified atom stereocenters. The fourth-order valence-electron chi connectivity index (χ4n) is 2.70. The van der Waals surface area contributed by atoms with Gasteiger partial charge in [0.2, 0.25) is 0 Å². The maximum absolute atomic E-state index is 12.4. The molecular formula is C14H17NO2Se. The molecule has 18 heavy (non-hydrogen) atoms. The number of aromatic nitrogens is 1. The van der Waals surface area contributed by atoms with E-state index in [1.807, 2.05) is 18.2 Å². The normalized spacial score (nSPS) is 17.2. The van der Waals surface area contributed by atoms with Gasteiger partial charge in [-0.1, -0.05) is 0 Å². The van der Waals surface area contributed by atoms with Crippen molar-refractivity contribution in [2.45, 2.75) is 38.1 Å². The molecule has 3 nitrogen and oxygen atoms in total. The average Bonchev–Trinajstić information content (AvgIpc) is 2.76. The second kappa shape index (κ2) is 4.94. The van der Waals surface area contributed by atoms with Crippen molar-refractivity contribution in [3.05, 3.63) is 28.6 Å². The van der Waals surface area contributed by atoms with Gasteiger partial charge in [0, 0.05) is 0 Å². The van der Waals surface area contributed by atoms with Crippen LogP contribution in [0, 0.1) is 0 Å². The van der Waals surface area contributed by atoms with E-state index in [0.29, 0.717) is 6.04 Å². The molecule has 0 bridgehead atoms. The van der Waals surface area contributed by atoms with E-state index in [1.54, 1.807) is 7.11 Å². The number of rotatable bonds is 2. The van der Waals surface area contributed by atoms with Crippen molar-refractivity contribution in [3.8, 4) is 5.75 Å². The van der Waals surface area contributed by atoms with Crippen molar-refractivity contribution in [1.29, 1.82) is 0 Å². The third-order valence-electron chi connectivity index (χ3n) is 3.72. The Morgan fingerprint density at radius 1 is 1.28 bits per heavy atom. The zero-order valence-electron chi connectivity index (χ0n) is 10.5. The molecule has 0 atom stereocenters. The van der Waals surface area contributed by atoms with E-state index in [2.05, 4.69) is 3.56 Å². The second-order valence-electron chi connectivity index (χ2n) is 4.88. The maximum atomic E-state index is 12.4. The first-order valence-corrected chi connectivity index (χ1v) is 8.11. The summed E-state index contributed by atoms with van der Waals surface area (Å²) in [6, 6.07) is 6.30. The van der Waals surface area contributed by atoms with Gasteiger partial charge in [-0.05, 0) is 0 Å². The van der Waals surface area contributed by atoms with Gasteiger partial charge in [-0.3, -0.25) is 0 Å². The molecule has 1 fully saturated rings. The second-order valence-corrected chi connectivity index (χ2v) is 7.01. The quantitative estimate of drug-likeness (QED) is 0.798. The van der Waals surface area contributed by atoms with Gasteiger partial charge in [0.25, 0.3) is 0 Å². The van der Waals surface area contributed by atoms with Gasteiger partial charge in [0.15, 0.2) is 0 Å². The van der Waals surface area contributed by atoms with Crippen LogP contribution in [0.3, 0.4) is 0 Å². The van der Waals surface area contributed by atoms with Crippen LogP contribution in [0.2, 0.25) is 0 Å². The van der Waals surface area contributed by atoms with Crippen molar-refractivity contribution in [1.82, 2.24) is 3.56 Å². The fourth-order valence-corrected chi connectivity index (χ4v) is 5.17. The van der Waals surface area contributed by atoms with Crippen molar-refractivity contribution >= 4 is 24.4 Å². The number of hydrogen-bond acceptors (Lipinski definition) is 2. The predicted molar refractivity (Wildman–Crippen MR) is 73.8 cm³/mol. The first-order chi connectivity index (χ1) is 8.79. The third kappa shape index (κ3) is 2.04. The van der Waals surface area contributed by atoms with Crippen molar-refractivity contribution in [3.63, 3.8) is 0 Å². The number of methoxy groups -OCH3 is 1. The van der Waals surface area contributed by atoms with E-state index in [0.717, 1.165) is 11.1 Å². The monoisotopic (exact) mass is 311 g/mol. The van der Waals surface area contributed by atoms with Crippen LogP contribution in [0.4, 0.5) is 0 Å². The minimum absolute atomic E-state index is 0.142. The molecule has 0 spiro atoms. The molecule has 1 aliphatic rings. The first-order valence-electron chi connectivity index (χ1n) is 6.49. The summed E-state index contributed by atoms with van der Waals surface area (Å²) in [5, 5.41) is 0.890. The SMILES string of the molecule is COc1ccc2c(=O)n(C3CCCCC3)[se]c2c1. The van der Waals surface area contributed by atoms with Gasteiger partial charge in [0.1, 0.15) is 0 Å². The molecule has 96 valence electrons. The molecule has 1 aromatic heterocycles. The van der Waals surface area contributed by atoms with Crippen LogP contribution in [0.25, 0.3) is 9.65 Å². The molecule has 4 heteroatoms. The van der Waals surface area contributed by atoms with Gasteiger partial charge >= 0.3 is 112 Å². The predicted octanol–water partition coefficient (Wildman–Crippen LogP) is 2.57. The summed E-state index contributed by atoms with van der Waals surface area (Å²) in [4.78, 5) is 12.4. The average molecular weight is 310 g/mol. The Balaban J connectivity index is 2.07. The van der Waals surface area contributed by atoms with E-state index >= 15 is 0 Å². The Hall–Kier alpha value is -0.991. The van der Waals surface area contributed by atoms with Gasteiger partial charge in [0.05, 0.1) is 0 Å². The van der Waals surface area contributed by atoms with Crippen LogP contribution < -0.4 is 10.3 Å². The summed E-state index contributed by atoms with van der Waals surface area (Å²) in [6.07, 6.45) is 6.22. The zero-order valence-corrected chi connectivity index (χ0v) is 12.2. The summed E-state index contributed by atoms with van der Waals surface area (Å²) in [7, 11) is 1.67. The minimum atomic E-state index is 0.142. The van der Waals surface area contributed by atoms with Crippen LogP contribution in [0.1, 0.15) is 38.1 Å². The molecule has 1 aromatic carbocycles. The number of ether oxygens (including phenoxy) is 1. The molecule has 0 saturated heterocycles. The van der Waals surface area contributed by atoms with Crippen LogP contribution in [0.5, 0.6) is 5.75 Å². The number of nitrogens with zero attached hydrogens (tertiary/aromatic N) is 1. The molecule has 0 radical (unpaired) electrons. The standard InChI is InChI=1S/C14H17NO2Se/c1-17-11-7-8-12-13(9-11)18-15(14(12)16)10-5-3-2-4-6-10/h7-10H,2-6H2,1H3. The zero-order chi connectivity index (χ0) is 12.5. The van der Waals surface area contributed by atoms with Gasteiger partial charge in [-0.2, -0.15) is 0 Å². The topological polar surface area (TPSA) is 31.2 Å². The van der Waals surface area contributed by atoms with E-state index in [4.69, 9.17) is 4.74 Å². The van der Waals surface area contributed by atoms with Gasteiger partial charge in [-0.15, -0.1) is 0 Å². The van der Waals surface area contributed by atoms with E-state index in [1.165, 1.54) is 36.4 Å². The van der Waals surface area contributed by atoms with Gasteiger partial charge in [-0.25, -0.2) is 0 Å². The molecule has 1 aliphatic carbocycles. The number of benzene rings is 1. The molecule has 0 N–H and O–H groups in total. The Labute approximate surface area is 112 Å². The summed E-state index contributed by atoms with van der Waals surface area (Å²) in [5.41, 5.74) is 0.236. The third-order valence-corrected chi connectivity index (χ3v) is 6.23. The van der Waals surface area contributed by atoms with E-state index in [-0.39, 0.29) is 20.3 Å². The molecule has 2 aromatic rings.